The van der Waals surface area contributed by atoms with Gasteiger partial charge in [-0.05, 0) is 32.2 Å². The van der Waals surface area contributed by atoms with Crippen LogP contribution in [0.1, 0.15) is 70.3 Å². The van der Waals surface area contributed by atoms with Crippen molar-refractivity contribution in [3.05, 3.63) is 23.3 Å². The second-order valence-electron chi connectivity index (χ2n) is 6.43. The molecule has 20 heavy (non-hydrogen) atoms. The van der Waals surface area contributed by atoms with Crippen molar-refractivity contribution in [1.29, 1.82) is 0 Å². The summed E-state index contributed by atoms with van der Waals surface area (Å²) in [5.74, 6) is 0.768. The number of hydrogen-bond acceptors (Lipinski definition) is 4. The molecule has 0 aliphatic heterocycles. The highest BCUT2D eigenvalue weighted by molar-refractivity contribution is 5.20. The van der Waals surface area contributed by atoms with Crippen molar-refractivity contribution < 1.29 is 4.74 Å². The van der Waals surface area contributed by atoms with Crippen LogP contribution in [0.2, 0.25) is 0 Å². The predicted molar refractivity (Wildman–Crippen MR) is 82.7 cm³/mol. The second-order valence-corrected chi connectivity index (χ2v) is 6.43. The van der Waals surface area contributed by atoms with E-state index >= 15 is 0 Å². The summed E-state index contributed by atoms with van der Waals surface area (Å²) < 4.78 is 5.58. The fraction of sp³-hybridized carbons (Fsp3) is 0.750. The number of rotatable bonds is 6. The summed E-state index contributed by atoms with van der Waals surface area (Å²) in [6.07, 6.45) is 2.97. The third-order valence-electron chi connectivity index (χ3n) is 3.46. The lowest BCUT2D eigenvalue weighted by molar-refractivity contribution is 0.00848. The van der Waals surface area contributed by atoms with Crippen molar-refractivity contribution in [2.45, 2.75) is 60.1 Å². The topological polar surface area (TPSA) is 47.0 Å². The van der Waals surface area contributed by atoms with Gasteiger partial charge in [0, 0.05) is 30.6 Å². The van der Waals surface area contributed by atoms with Crippen molar-refractivity contribution in [2.24, 2.45) is 5.41 Å². The van der Waals surface area contributed by atoms with Gasteiger partial charge in [0.15, 0.2) is 5.82 Å². The van der Waals surface area contributed by atoms with E-state index in [1.807, 2.05) is 13.1 Å². The number of nitrogens with one attached hydrogen (secondary N) is 1. The molecule has 0 aliphatic rings. The van der Waals surface area contributed by atoms with Crippen LogP contribution in [0.4, 0.5) is 0 Å². The molecule has 4 heteroatoms. The van der Waals surface area contributed by atoms with E-state index in [2.05, 4.69) is 49.9 Å². The summed E-state index contributed by atoms with van der Waals surface area (Å²) in [7, 11) is 1.72. The minimum atomic E-state index is -0.0887. The van der Waals surface area contributed by atoms with Gasteiger partial charge in [-0.3, -0.25) is 0 Å². The molecule has 0 spiro atoms. The highest BCUT2D eigenvalue weighted by Gasteiger charge is 2.29. The second kappa shape index (κ2) is 7.14. The maximum absolute atomic E-state index is 5.58. The molecular formula is C16H29N3O. The molecule has 1 rings (SSSR count). The summed E-state index contributed by atoms with van der Waals surface area (Å²) in [5, 5.41) is 3.47. The lowest BCUT2D eigenvalue weighted by atomic mass is 9.88. The first-order chi connectivity index (χ1) is 9.31. The van der Waals surface area contributed by atoms with Crippen LogP contribution in [-0.2, 0) is 4.74 Å². The Morgan fingerprint density at radius 1 is 1.35 bits per heavy atom. The van der Waals surface area contributed by atoms with E-state index in [0.717, 1.165) is 30.0 Å². The van der Waals surface area contributed by atoms with Crippen molar-refractivity contribution in [3.8, 4) is 0 Å². The van der Waals surface area contributed by atoms with Gasteiger partial charge in [-0.25, -0.2) is 9.97 Å². The quantitative estimate of drug-likeness (QED) is 0.864. The SMILES string of the molecule is CCCNC(C)c1cnc(C(OC)C(C)(C)C)nc1C. The largest absolute Gasteiger partial charge is 0.373 e. The summed E-state index contributed by atoms with van der Waals surface area (Å²) >= 11 is 0. The number of aromatic nitrogens is 2. The Morgan fingerprint density at radius 3 is 2.45 bits per heavy atom. The lowest BCUT2D eigenvalue weighted by Gasteiger charge is -2.28. The van der Waals surface area contributed by atoms with E-state index < -0.39 is 0 Å². The molecule has 1 heterocycles. The Morgan fingerprint density at radius 2 is 2.00 bits per heavy atom. The Hall–Kier alpha value is -1.00. The van der Waals surface area contributed by atoms with Gasteiger partial charge in [0.05, 0.1) is 0 Å². The highest BCUT2D eigenvalue weighted by Crippen LogP contribution is 2.33. The van der Waals surface area contributed by atoms with Gasteiger partial charge in [-0.15, -0.1) is 0 Å². The number of methoxy groups -OCH3 is 1. The van der Waals surface area contributed by atoms with Crippen LogP contribution in [0.5, 0.6) is 0 Å². The van der Waals surface area contributed by atoms with Gasteiger partial charge < -0.3 is 10.1 Å². The van der Waals surface area contributed by atoms with Crippen molar-refractivity contribution in [1.82, 2.24) is 15.3 Å². The number of ether oxygens (including phenoxy) is 1. The van der Waals surface area contributed by atoms with Crippen LogP contribution < -0.4 is 5.32 Å². The van der Waals surface area contributed by atoms with E-state index in [-0.39, 0.29) is 17.6 Å². The molecule has 0 bridgehead atoms. The molecule has 114 valence electrons. The van der Waals surface area contributed by atoms with Crippen LogP contribution >= 0.6 is 0 Å². The molecule has 0 amide bonds. The van der Waals surface area contributed by atoms with E-state index in [0.29, 0.717) is 0 Å². The third-order valence-corrected chi connectivity index (χ3v) is 3.46. The van der Waals surface area contributed by atoms with Gasteiger partial charge in [-0.1, -0.05) is 27.7 Å². The van der Waals surface area contributed by atoms with Gasteiger partial charge in [0.1, 0.15) is 6.10 Å². The van der Waals surface area contributed by atoms with Crippen LogP contribution in [0.25, 0.3) is 0 Å². The maximum atomic E-state index is 5.58. The number of aryl methyl sites for hydroxylation is 1. The van der Waals surface area contributed by atoms with E-state index in [1.54, 1.807) is 7.11 Å². The molecule has 4 nitrogen and oxygen atoms in total. The molecule has 2 unspecified atom stereocenters. The van der Waals surface area contributed by atoms with Crippen molar-refractivity contribution in [3.63, 3.8) is 0 Å². The smallest absolute Gasteiger partial charge is 0.157 e. The zero-order valence-corrected chi connectivity index (χ0v) is 13.9. The molecule has 0 saturated carbocycles. The summed E-state index contributed by atoms with van der Waals surface area (Å²) in [4.78, 5) is 9.19. The van der Waals surface area contributed by atoms with Gasteiger partial charge in [-0.2, -0.15) is 0 Å². The molecule has 1 aromatic heterocycles. The molecular weight excluding hydrogens is 250 g/mol. The fourth-order valence-electron chi connectivity index (χ4n) is 2.36. The predicted octanol–water partition coefficient (Wildman–Crippen LogP) is 3.58. The lowest BCUT2D eigenvalue weighted by Crippen LogP contribution is -2.24. The van der Waals surface area contributed by atoms with Crippen LogP contribution in [0, 0.1) is 12.3 Å². The van der Waals surface area contributed by atoms with E-state index in [4.69, 9.17) is 4.74 Å². The summed E-state index contributed by atoms with van der Waals surface area (Å²) in [6.45, 7) is 13.8. The fourth-order valence-corrected chi connectivity index (χ4v) is 2.36. The summed E-state index contributed by atoms with van der Waals surface area (Å²) in [5.41, 5.74) is 2.16. The first-order valence-electron chi connectivity index (χ1n) is 7.40. The molecule has 2 atom stereocenters. The van der Waals surface area contributed by atoms with E-state index in [9.17, 15) is 0 Å². The highest BCUT2D eigenvalue weighted by atomic mass is 16.5. The molecule has 1 N–H and O–H groups in total. The van der Waals surface area contributed by atoms with E-state index in [1.165, 1.54) is 0 Å². The minimum absolute atomic E-state index is 0.0191. The number of hydrogen-bond donors (Lipinski definition) is 1. The van der Waals surface area contributed by atoms with Gasteiger partial charge in [0.25, 0.3) is 0 Å². The van der Waals surface area contributed by atoms with Crippen molar-refractivity contribution in [2.75, 3.05) is 13.7 Å². The van der Waals surface area contributed by atoms with Crippen molar-refractivity contribution >= 4 is 0 Å². The standard InChI is InChI=1S/C16H29N3O/c1-8-9-17-11(2)13-10-18-15(19-12(13)3)14(20-7)16(4,5)6/h10-11,14,17H,8-9H2,1-7H3. The Bertz CT molecular complexity index is 426. The first kappa shape index (κ1) is 17.1. The zero-order chi connectivity index (χ0) is 15.3. The molecule has 0 saturated heterocycles. The maximum Gasteiger partial charge on any atom is 0.157 e. The molecule has 0 aromatic carbocycles. The molecule has 0 fully saturated rings. The number of nitrogens with zero attached hydrogens (tertiary/aromatic N) is 2. The Labute approximate surface area is 123 Å². The molecule has 0 aliphatic carbocycles. The average molecular weight is 279 g/mol. The minimum Gasteiger partial charge on any atom is -0.373 e. The summed E-state index contributed by atoms with van der Waals surface area (Å²) in [6, 6.07) is 0.277. The third kappa shape index (κ3) is 4.25. The van der Waals surface area contributed by atoms with Gasteiger partial charge >= 0.3 is 0 Å². The first-order valence-corrected chi connectivity index (χ1v) is 7.40. The monoisotopic (exact) mass is 279 g/mol. The Kier molecular flexibility index (Phi) is 6.08. The average Bonchev–Trinajstić information content (AvgIpc) is 2.35. The zero-order valence-electron chi connectivity index (χ0n) is 13.9. The van der Waals surface area contributed by atoms with Crippen LogP contribution in [0.3, 0.4) is 0 Å². The van der Waals surface area contributed by atoms with Crippen LogP contribution in [-0.4, -0.2) is 23.6 Å². The molecule has 0 radical (unpaired) electrons. The molecule has 1 aromatic rings. The van der Waals surface area contributed by atoms with Crippen LogP contribution in [0.15, 0.2) is 6.20 Å². The Balaban J connectivity index is 2.98. The normalized spacial score (nSPS) is 15.2. The van der Waals surface area contributed by atoms with Gasteiger partial charge in [0.2, 0.25) is 0 Å².